The van der Waals surface area contributed by atoms with Gasteiger partial charge in [0.25, 0.3) is 0 Å². The summed E-state index contributed by atoms with van der Waals surface area (Å²) >= 11 is 5.95. The highest BCUT2D eigenvalue weighted by atomic mass is 35.5. The molecule has 0 bridgehead atoms. The van der Waals surface area contributed by atoms with Gasteiger partial charge in [-0.1, -0.05) is 17.7 Å². The maximum absolute atomic E-state index is 5.95. The van der Waals surface area contributed by atoms with Gasteiger partial charge in [0.1, 0.15) is 5.15 Å². The molecular formula is C13H15ClN2. The first-order valence-electron chi connectivity index (χ1n) is 5.81. The van der Waals surface area contributed by atoms with E-state index in [1.54, 1.807) is 0 Å². The number of halogens is 1. The van der Waals surface area contributed by atoms with Crippen LogP contribution in [0.1, 0.15) is 24.0 Å². The topological polar surface area (TPSA) is 24.9 Å². The minimum Gasteiger partial charge on any atom is -0.309 e. The highest BCUT2D eigenvalue weighted by Gasteiger charge is 2.35. The summed E-state index contributed by atoms with van der Waals surface area (Å²) in [6.07, 6.45) is 6.75. The Morgan fingerprint density at radius 2 is 2.38 bits per heavy atom. The Morgan fingerprint density at radius 1 is 1.50 bits per heavy atom. The molecule has 0 spiro atoms. The van der Waals surface area contributed by atoms with Crippen LogP contribution in [0.3, 0.4) is 0 Å². The van der Waals surface area contributed by atoms with Gasteiger partial charge >= 0.3 is 0 Å². The molecule has 0 saturated carbocycles. The van der Waals surface area contributed by atoms with E-state index in [2.05, 4.69) is 22.4 Å². The highest BCUT2D eigenvalue weighted by Crippen LogP contribution is 2.36. The molecule has 3 rings (SSSR count). The molecule has 1 aromatic rings. The second-order valence-electron chi connectivity index (χ2n) is 4.71. The number of fused-ring (bicyclic) bond motifs is 1. The summed E-state index contributed by atoms with van der Waals surface area (Å²) in [5.41, 5.74) is 3.69. The number of rotatable bonds is 1. The molecule has 0 radical (unpaired) electrons. The quantitative estimate of drug-likeness (QED) is 0.756. The molecule has 2 aliphatic rings. The van der Waals surface area contributed by atoms with Crippen LogP contribution in [-0.4, -0.2) is 17.6 Å². The standard InChI is InChI=1S/C13H15ClN2/c1-8-5-10(7-16-13(8)14)11-4-2-3-9-6-15-12(9)11/h4-5,7,9,12,15H,2-3,6H2,1H3/t9-,12+/m1/s1. The Labute approximate surface area is 101 Å². The van der Waals surface area contributed by atoms with Crippen LogP contribution in [0.15, 0.2) is 18.3 Å². The zero-order valence-electron chi connectivity index (χ0n) is 9.33. The SMILES string of the molecule is Cc1cc(C2=CCC[C@@H]3CN[C@H]23)cnc1Cl. The number of aryl methyl sites for hydroxylation is 1. The van der Waals surface area contributed by atoms with Crippen LogP contribution < -0.4 is 5.32 Å². The minimum atomic E-state index is 0.552. The molecule has 2 heterocycles. The van der Waals surface area contributed by atoms with Gasteiger partial charge in [-0.2, -0.15) is 0 Å². The average molecular weight is 235 g/mol. The van der Waals surface area contributed by atoms with E-state index in [9.17, 15) is 0 Å². The van der Waals surface area contributed by atoms with Gasteiger partial charge in [-0.25, -0.2) is 4.98 Å². The molecule has 1 aromatic heterocycles. The summed E-state index contributed by atoms with van der Waals surface area (Å²) in [5, 5.41) is 4.11. The van der Waals surface area contributed by atoms with E-state index in [4.69, 9.17) is 11.6 Å². The van der Waals surface area contributed by atoms with Gasteiger partial charge in [0.05, 0.1) is 0 Å². The minimum absolute atomic E-state index is 0.552. The summed E-state index contributed by atoms with van der Waals surface area (Å²) in [5.74, 6) is 0.830. The lowest BCUT2D eigenvalue weighted by Crippen LogP contribution is -2.54. The number of hydrogen-bond acceptors (Lipinski definition) is 2. The van der Waals surface area contributed by atoms with E-state index < -0.39 is 0 Å². The van der Waals surface area contributed by atoms with E-state index in [1.807, 2.05) is 13.1 Å². The van der Waals surface area contributed by atoms with Crippen molar-refractivity contribution in [1.29, 1.82) is 0 Å². The number of hydrogen-bond donors (Lipinski definition) is 1. The van der Waals surface area contributed by atoms with Gasteiger partial charge in [0.2, 0.25) is 0 Å². The predicted octanol–water partition coefficient (Wildman–Crippen LogP) is 2.81. The fraction of sp³-hybridized carbons (Fsp3) is 0.462. The zero-order valence-corrected chi connectivity index (χ0v) is 10.1. The summed E-state index contributed by atoms with van der Waals surface area (Å²) in [6, 6.07) is 2.69. The van der Waals surface area contributed by atoms with E-state index in [-0.39, 0.29) is 0 Å². The van der Waals surface area contributed by atoms with Crippen molar-refractivity contribution in [3.63, 3.8) is 0 Å². The Kier molecular flexibility index (Phi) is 2.49. The van der Waals surface area contributed by atoms with Crippen molar-refractivity contribution in [1.82, 2.24) is 10.3 Å². The van der Waals surface area contributed by atoms with Crippen molar-refractivity contribution in [2.45, 2.75) is 25.8 Å². The van der Waals surface area contributed by atoms with Gasteiger partial charge in [-0.15, -0.1) is 0 Å². The first kappa shape index (κ1) is 10.3. The normalized spacial score (nSPS) is 28.0. The molecule has 0 aromatic carbocycles. The fourth-order valence-electron chi connectivity index (χ4n) is 2.63. The number of nitrogens with zero attached hydrogens (tertiary/aromatic N) is 1. The lowest BCUT2D eigenvalue weighted by atomic mass is 9.76. The van der Waals surface area contributed by atoms with Gasteiger partial charge in [0, 0.05) is 18.8 Å². The van der Waals surface area contributed by atoms with Gasteiger partial charge < -0.3 is 5.32 Å². The summed E-state index contributed by atoms with van der Waals surface area (Å²) in [7, 11) is 0. The lowest BCUT2D eigenvalue weighted by Gasteiger charge is -2.42. The largest absolute Gasteiger partial charge is 0.309 e. The monoisotopic (exact) mass is 234 g/mol. The van der Waals surface area contributed by atoms with E-state index in [0.717, 1.165) is 11.5 Å². The fourth-order valence-corrected chi connectivity index (χ4v) is 2.73. The Hall–Kier alpha value is -0.860. The first-order valence-corrected chi connectivity index (χ1v) is 6.19. The summed E-state index contributed by atoms with van der Waals surface area (Å²) in [6.45, 7) is 3.18. The van der Waals surface area contributed by atoms with E-state index >= 15 is 0 Å². The molecule has 1 fully saturated rings. The van der Waals surface area contributed by atoms with Crippen LogP contribution in [0.5, 0.6) is 0 Å². The van der Waals surface area contributed by atoms with Crippen LogP contribution >= 0.6 is 11.6 Å². The predicted molar refractivity (Wildman–Crippen MR) is 66.5 cm³/mol. The summed E-state index contributed by atoms with van der Waals surface area (Å²) < 4.78 is 0. The molecule has 0 unspecified atom stereocenters. The van der Waals surface area contributed by atoms with Crippen LogP contribution in [0.2, 0.25) is 5.15 Å². The van der Waals surface area contributed by atoms with Gasteiger partial charge in [-0.05, 0) is 48.4 Å². The number of nitrogens with one attached hydrogen (secondary N) is 1. The molecule has 1 aliphatic carbocycles. The smallest absolute Gasteiger partial charge is 0.131 e. The first-order chi connectivity index (χ1) is 7.75. The second-order valence-corrected chi connectivity index (χ2v) is 5.07. The third-order valence-electron chi connectivity index (χ3n) is 3.66. The molecule has 1 N–H and O–H groups in total. The van der Waals surface area contributed by atoms with Crippen molar-refractivity contribution in [2.75, 3.05) is 6.54 Å². The molecule has 0 amide bonds. The third kappa shape index (κ3) is 1.57. The lowest BCUT2D eigenvalue weighted by molar-refractivity contribution is 0.262. The Balaban J connectivity index is 1.96. The zero-order chi connectivity index (χ0) is 11.1. The van der Waals surface area contributed by atoms with Crippen LogP contribution in [0.25, 0.3) is 5.57 Å². The second kappa shape index (κ2) is 3.86. The van der Waals surface area contributed by atoms with E-state index in [0.29, 0.717) is 11.2 Å². The maximum Gasteiger partial charge on any atom is 0.131 e. The van der Waals surface area contributed by atoms with E-state index in [1.165, 1.54) is 30.5 Å². The van der Waals surface area contributed by atoms with Crippen LogP contribution in [0, 0.1) is 12.8 Å². The van der Waals surface area contributed by atoms with Crippen molar-refractivity contribution in [3.8, 4) is 0 Å². The van der Waals surface area contributed by atoms with Crippen molar-refractivity contribution < 1.29 is 0 Å². The molecule has 3 heteroatoms. The molecule has 2 nitrogen and oxygen atoms in total. The molecule has 1 saturated heterocycles. The van der Waals surface area contributed by atoms with Crippen LogP contribution in [-0.2, 0) is 0 Å². The third-order valence-corrected chi connectivity index (χ3v) is 4.05. The van der Waals surface area contributed by atoms with Crippen molar-refractivity contribution in [2.24, 2.45) is 5.92 Å². The molecule has 2 atom stereocenters. The van der Waals surface area contributed by atoms with Gasteiger partial charge in [-0.3, -0.25) is 0 Å². The van der Waals surface area contributed by atoms with Crippen molar-refractivity contribution >= 4 is 17.2 Å². The number of allylic oxidation sites excluding steroid dienone is 1. The molecule has 84 valence electrons. The maximum atomic E-state index is 5.95. The summed E-state index contributed by atoms with van der Waals surface area (Å²) in [4.78, 5) is 4.23. The molecular weight excluding hydrogens is 220 g/mol. The average Bonchev–Trinajstić information content (AvgIpc) is 2.24. The van der Waals surface area contributed by atoms with Crippen LogP contribution in [0.4, 0.5) is 0 Å². The Bertz CT molecular complexity index is 453. The van der Waals surface area contributed by atoms with Crippen molar-refractivity contribution in [3.05, 3.63) is 34.6 Å². The highest BCUT2D eigenvalue weighted by molar-refractivity contribution is 6.30. The Morgan fingerprint density at radius 3 is 3.06 bits per heavy atom. The molecule has 1 aliphatic heterocycles. The molecule has 16 heavy (non-hydrogen) atoms. The number of pyridine rings is 1. The number of aromatic nitrogens is 1. The van der Waals surface area contributed by atoms with Gasteiger partial charge in [0.15, 0.2) is 0 Å².